The highest BCUT2D eigenvalue weighted by molar-refractivity contribution is 7.98. The van der Waals surface area contributed by atoms with E-state index in [1.807, 2.05) is 48.5 Å². The largest absolute Gasteiger partial charge is 0.326 e. The van der Waals surface area contributed by atoms with Crippen LogP contribution in [0.3, 0.4) is 0 Å². The molecule has 0 saturated carbocycles. The number of nitrogens with one attached hydrogen (secondary N) is 2. The van der Waals surface area contributed by atoms with Crippen LogP contribution >= 0.6 is 11.8 Å². The lowest BCUT2D eigenvalue weighted by molar-refractivity contribution is -0.123. The summed E-state index contributed by atoms with van der Waals surface area (Å²) in [5.74, 6) is 0.598. The average Bonchev–Trinajstić information content (AvgIpc) is 3.20. The van der Waals surface area contributed by atoms with E-state index in [4.69, 9.17) is 0 Å². The van der Waals surface area contributed by atoms with Gasteiger partial charge in [-0.05, 0) is 17.7 Å². The van der Waals surface area contributed by atoms with Gasteiger partial charge in [0.1, 0.15) is 6.04 Å². The molecule has 8 heteroatoms. The minimum Gasteiger partial charge on any atom is -0.326 e. The van der Waals surface area contributed by atoms with Gasteiger partial charge in [-0.25, -0.2) is 4.68 Å². The Hall–Kier alpha value is -3.13. The molecule has 2 heterocycles. The Labute approximate surface area is 160 Å². The second-order valence-electron chi connectivity index (χ2n) is 6.06. The first-order chi connectivity index (χ1) is 13.2. The van der Waals surface area contributed by atoms with Crippen LogP contribution in [0.1, 0.15) is 18.0 Å². The molecule has 1 unspecified atom stereocenters. The molecule has 0 spiro atoms. The topological polar surface area (TPSA) is 88.9 Å². The van der Waals surface area contributed by atoms with E-state index in [1.54, 1.807) is 12.1 Å². The summed E-state index contributed by atoms with van der Waals surface area (Å²) in [6, 6.07) is 18.5. The molecular formula is C19H17N5O2S. The van der Waals surface area contributed by atoms with Crippen LogP contribution in [0.25, 0.3) is 0 Å². The van der Waals surface area contributed by atoms with Gasteiger partial charge in [-0.2, -0.15) is 4.98 Å². The zero-order valence-corrected chi connectivity index (χ0v) is 15.1. The molecule has 2 N–H and O–H groups in total. The van der Waals surface area contributed by atoms with E-state index < -0.39 is 6.04 Å². The summed E-state index contributed by atoms with van der Waals surface area (Å²) in [6.45, 7) is 0. The van der Waals surface area contributed by atoms with Crippen molar-refractivity contribution in [3.05, 3.63) is 66.2 Å². The van der Waals surface area contributed by atoms with E-state index in [1.165, 1.54) is 22.0 Å². The summed E-state index contributed by atoms with van der Waals surface area (Å²) in [6.07, 6.45) is -0.000119. The maximum atomic E-state index is 12.3. The number of para-hydroxylation sites is 1. The maximum absolute atomic E-state index is 12.3. The van der Waals surface area contributed by atoms with E-state index in [0.29, 0.717) is 16.8 Å². The van der Waals surface area contributed by atoms with Gasteiger partial charge >= 0.3 is 0 Å². The average molecular weight is 379 g/mol. The molecule has 0 fully saturated rings. The van der Waals surface area contributed by atoms with Gasteiger partial charge in [0.15, 0.2) is 0 Å². The molecule has 4 rings (SSSR count). The Kier molecular flexibility index (Phi) is 4.88. The van der Waals surface area contributed by atoms with Crippen molar-refractivity contribution < 1.29 is 9.59 Å². The first-order valence-electron chi connectivity index (χ1n) is 8.48. The third kappa shape index (κ3) is 4.01. The van der Waals surface area contributed by atoms with Gasteiger partial charge in [-0.1, -0.05) is 60.3 Å². The number of amides is 2. The van der Waals surface area contributed by atoms with Crippen molar-refractivity contribution in [2.45, 2.75) is 23.4 Å². The van der Waals surface area contributed by atoms with Crippen LogP contribution < -0.4 is 10.6 Å². The first-order valence-corrected chi connectivity index (χ1v) is 9.46. The zero-order valence-electron chi connectivity index (χ0n) is 14.3. The number of nitrogens with zero attached hydrogens (tertiary/aromatic N) is 3. The minimum atomic E-state index is -0.692. The normalized spacial score (nSPS) is 15.3. The van der Waals surface area contributed by atoms with Crippen molar-refractivity contribution in [2.24, 2.45) is 0 Å². The Morgan fingerprint density at radius 2 is 1.81 bits per heavy atom. The van der Waals surface area contributed by atoms with Crippen LogP contribution in [-0.4, -0.2) is 26.6 Å². The number of rotatable bonds is 6. The molecule has 2 aromatic carbocycles. The van der Waals surface area contributed by atoms with Crippen LogP contribution in [0.2, 0.25) is 0 Å². The van der Waals surface area contributed by atoms with E-state index in [2.05, 4.69) is 20.7 Å². The Morgan fingerprint density at radius 3 is 2.56 bits per heavy atom. The highest BCUT2D eigenvalue weighted by Gasteiger charge is 2.35. The van der Waals surface area contributed by atoms with Crippen LogP contribution in [-0.2, 0) is 15.3 Å². The molecule has 27 heavy (non-hydrogen) atoms. The number of aromatic nitrogens is 3. The smallest absolute Gasteiger partial charge is 0.252 e. The molecule has 1 atom stereocenters. The van der Waals surface area contributed by atoms with Crippen LogP contribution in [0.5, 0.6) is 0 Å². The van der Waals surface area contributed by atoms with Crippen molar-refractivity contribution >= 4 is 35.2 Å². The Bertz CT molecular complexity index is 959. The molecule has 0 aliphatic carbocycles. The third-order valence-corrected chi connectivity index (χ3v) is 5.00. The van der Waals surface area contributed by atoms with E-state index in [9.17, 15) is 9.59 Å². The van der Waals surface area contributed by atoms with Crippen molar-refractivity contribution in [1.82, 2.24) is 14.8 Å². The van der Waals surface area contributed by atoms with Crippen molar-refractivity contribution in [2.75, 3.05) is 10.6 Å². The van der Waals surface area contributed by atoms with Gasteiger partial charge in [-0.15, -0.1) is 5.10 Å². The predicted octanol–water partition coefficient (Wildman–Crippen LogP) is 3.09. The summed E-state index contributed by atoms with van der Waals surface area (Å²) in [7, 11) is 0. The van der Waals surface area contributed by atoms with Gasteiger partial charge in [0.2, 0.25) is 17.0 Å². The number of benzene rings is 2. The monoisotopic (exact) mass is 379 g/mol. The molecule has 3 aromatic rings. The van der Waals surface area contributed by atoms with Crippen LogP contribution in [0, 0.1) is 0 Å². The molecule has 0 bridgehead atoms. The Balaban J connectivity index is 1.41. The van der Waals surface area contributed by atoms with E-state index in [-0.39, 0.29) is 18.2 Å². The number of carbonyl (C=O) groups excluding carboxylic acids is 2. The summed E-state index contributed by atoms with van der Waals surface area (Å²) in [5, 5.41) is 10.5. The fourth-order valence-corrected chi connectivity index (χ4v) is 3.57. The first kappa shape index (κ1) is 17.3. The summed E-state index contributed by atoms with van der Waals surface area (Å²) < 4.78 is 1.50. The van der Waals surface area contributed by atoms with Crippen molar-refractivity contribution in [3.63, 3.8) is 0 Å². The number of anilines is 2. The molecule has 7 nitrogen and oxygen atoms in total. The molecule has 1 aliphatic rings. The highest BCUT2D eigenvalue weighted by Crippen LogP contribution is 2.29. The quantitative estimate of drug-likeness (QED) is 0.643. The number of hydrogen-bond donors (Lipinski definition) is 2. The maximum Gasteiger partial charge on any atom is 0.252 e. The van der Waals surface area contributed by atoms with Crippen LogP contribution in [0.4, 0.5) is 11.6 Å². The number of carbonyl (C=O) groups is 2. The molecule has 136 valence electrons. The van der Waals surface area contributed by atoms with Gasteiger partial charge in [-0.3, -0.25) is 14.9 Å². The molecule has 1 aromatic heterocycles. The minimum absolute atomic E-state index is 0.000119. The summed E-state index contributed by atoms with van der Waals surface area (Å²) in [4.78, 5) is 28.8. The SMILES string of the molecule is O=C(CC1C(=O)Nc2nc(SCc3ccccc3)nn21)Nc1ccccc1. The number of fused-ring (bicyclic) bond motifs is 1. The number of thioether (sulfide) groups is 1. The third-order valence-electron chi connectivity index (χ3n) is 4.09. The lowest BCUT2D eigenvalue weighted by Crippen LogP contribution is -2.23. The Morgan fingerprint density at radius 1 is 1.11 bits per heavy atom. The predicted molar refractivity (Wildman–Crippen MR) is 103 cm³/mol. The fourth-order valence-electron chi connectivity index (χ4n) is 2.78. The summed E-state index contributed by atoms with van der Waals surface area (Å²) >= 11 is 1.49. The molecule has 0 saturated heterocycles. The van der Waals surface area contributed by atoms with E-state index >= 15 is 0 Å². The standard InChI is InChI=1S/C19H17N5O2S/c25-16(20-14-9-5-2-6-10-14)11-15-17(26)21-18-22-19(23-24(15)18)27-12-13-7-3-1-4-8-13/h1-10,15H,11-12H2,(H,20,25)(H,21,22,23,26). The lowest BCUT2D eigenvalue weighted by Gasteiger charge is -2.09. The lowest BCUT2D eigenvalue weighted by atomic mass is 10.2. The van der Waals surface area contributed by atoms with Crippen LogP contribution in [0.15, 0.2) is 65.8 Å². The van der Waals surface area contributed by atoms with E-state index in [0.717, 1.165) is 5.75 Å². The summed E-state index contributed by atoms with van der Waals surface area (Å²) in [5.41, 5.74) is 1.86. The second-order valence-corrected chi connectivity index (χ2v) is 7.00. The molecule has 1 aliphatic heterocycles. The van der Waals surface area contributed by atoms with Crippen molar-refractivity contribution in [1.29, 1.82) is 0 Å². The molecule has 2 amide bonds. The second kappa shape index (κ2) is 7.63. The van der Waals surface area contributed by atoms with Gasteiger partial charge < -0.3 is 5.32 Å². The molecule has 0 radical (unpaired) electrons. The molecular weight excluding hydrogens is 362 g/mol. The van der Waals surface area contributed by atoms with Gasteiger partial charge in [0.05, 0.1) is 6.42 Å². The van der Waals surface area contributed by atoms with Gasteiger partial charge in [0, 0.05) is 11.4 Å². The van der Waals surface area contributed by atoms with Crippen molar-refractivity contribution in [3.8, 4) is 0 Å². The number of hydrogen-bond acceptors (Lipinski definition) is 5. The fraction of sp³-hybridized carbons (Fsp3) is 0.158. The zero-order chi connectivity index (χ0) is 18.6. The van der Waals surface area contributed by atoms with Gasteiger partial charge in [0.25, 0.3) is 5.91 Å². The highest BCUT2D eigenvalue weighted by atomic mass is 32.2.